The summed E-state index contributed by atoms with van der Waals surface area (Å²) >= 11 is 0. The average molecular weight is 287 g/mol. The van der Waals surface area contributed by atoms with Crippen molar-refractivity contribution in [3.8, 4) is 0 Å². The second-order valence-electron chi connectivity index (χ2n) is 5.45. The molecule has 0 unspecified atom stereocenters. The van der Waals surface area contributed by atoms with E-state index < -0.39 is 15.0 Å². The van der Waals surface area contributed by atoms with E-state index in [1.807, 2.05) is 20.8 Å². The average Bonchev–Trinajstić information content (AvgIpc) is 2.26. The predicted octanol–water partition coefficient (Wildman–Crippen LogP) is 2.49. The summed E-state index contributed by atoms with van der Waals surface area (Å²) in [5.74, 6) is -0.291. The summed E-state index contributed by atoms with van der Waals surface area (Å²) < 4.78 is 28.3. The van der Waals surface area contributed by atoms with Crippen LogP contribution < -0.4 is 0 Å². The van der Waals surface area contributed by atoms with Crippen molar-refractivity contribution < 1.29 is 17.5 Å². The maximum atomic E-state index is 11.7. The molecule has 0 heterocycles. The smallest absolute Gasteiger partial charge is 0.269 e. The van der Waals surface area contributed by atoms with Crippen molar-refractivity contribution in [3.63, 3.8) is 0 Å². The number of nitro groups is 1. The number of benzene rings is 1. The zero-order valence-electron chi connectivity index (χ0n) is 11.1. The zero-order chi connectivity index (χ0) is 14.7. The summed E-state index contributed by atoms with van der Waals surface area (Å²) in [4.78, 5) is 9.94. The first kappa shape index (κ1) is 15.6. The van der Waals surface area contributed by atoms with Crippen LogP contribution in [0.25, 0.3) is 0 Å². The molecule has 1 aromatic carbocycles. The van der Waals surface area contributed by atoms with Gasteiger partial charge in [-0.1, -0.05) is 32.9 Å². The minimum Gasteiger partial charge on any atom is -0.269 e. The van der Waals surface area contributed by atoms with Crippen LogP contribution in [0.3, 0.4) is 0 Å². The third-order valence-corrected chi connectivity index (χ3v) is 3.33. The lowest BCUT2D eigenvalue weighted by Crippen LogP contribution is -2.19. The standard InChI is InChI=1S/C12H17NO5S/c1-12(2,3)9-18-19(16,17)8-10-4-6-11(7-5-10)13(14)15/h4-7H,8-9H2,1-3H3. The Morgan fingerprint density at radius 2 is 1.74 bits per heavy atom. The number of hydrogen-bond donors (Lipinski definition) is 0. The molecule has 0 saturated heterocycles. The topological polar surface area (TPSA) is 86.5 Å². The SMILES string of the molecule is CC(C)(C)COS(=O)(=O)Cc1ccc([N+](=O)[O-])cc1. The molecule has 0 amide bonds. The van der Waals surface area contributed by atoms with Crippen LogP contribution in [0.1, 0.15) is 26.3 Å². The monoisotopic (exact) mass is 287 g/mol. The van der Waals surface area contributed by atoms with E-state index in [-0.39, 0.29) is 23.5 Å². The molecule has 7 heteroatoms. The molecule has 0 spiro atoms. The molecule has 106 valence electrons. The molecule has 0 aliphatic heterocycles. The molecule has 0 fully saturated rings. The van der Waals surface area contributed by atoms with Gasteiger partial charge in [-0.3, -0.25) is 14.3 Å². The van der Waals surface area contributed by atoms with Crippen molar-refractivity contribution in [2.45, 2.75) is 26.5 Å². The minimum absolute atomic E-state index is 0.0724. The van der Waals surface area contributed by atoms with Crippen LogP contribution in [-0.4, -0.2) is 19.9 Å². The number of hydrogen-bond acceptors (Lipinski definition) is 5. The van der Waals surface area contributed by atoms with Gasteiger partial charge in [0.15, 0.2) is 0 Å². The maximum Gasteiger partial charge on any atom is 0.271 e. The lowest BCUT2D eigenvalue weighted by atomic mass is 9.99. The summed E-state index contributed by atoms with van der Waals surface area (Å²) in [6.45, 7) is 5.71. The highest BCUT2D eigenvalue weighted by molar-refractivity contribution is 7.85. The molecule has 0 bridgehead atoms. The van der Waals surface area contributed by atoms with Crippen molar-refractivity contribution in [2.24, 2.45) is 5.41 Å². The Hall–Kier alpha value is -1.47. The third kappa shape index (κ3) is 5.80. The molecule has 0 aliphatic carbocycles. The van der Waals surface area contributed by atoms with E-state index in [2.05, 4.69) is 0 Å². The van der Waals surface area contributed by atoms with Crippen molar-refractivity contribution in [1.82, 2.24) is 0 Å². The third-order valence-electron chi connectivity index (χ3n) is 2.16. The summed E-state index contributed by atoms with van der Waals surface area (Å²) in [7, 11) is -3.67. The van der Waals surface area contributed by atoms with Crippen molar-refractivity contribution in [2.75, 3.05) is 6.61 Å². The van der Waals surface area contributed by atoms with Gasteiger partial charge in [0.1, 0.15) is 5.75 Å². The Kier molecular flexibility index (Phi) is 4.65. The zero-order valence-corrected chi connectivity index (χ0v) is 11.9. The summed E-state index contributed by atoms with van der Waals surface area (Å²) in [6, 6.07) is 5.37. The Morgan fingerprint density at radius 1 is 1.21 bits per heavy atom. The molecule has 0 aromatic heterocycles. The largest absolute Gasteiger partial charge is 0.271 e. The van der Waals surface area contributed by atoms with E-state index >= 15 is 0 Å². The van der Waals surface area contributed by atoms with Crippen LogP contribution in [0.15, 0.2) is 24.3 Å². The van der Waals surface area contributed by atoms with Gasteiger partial charge >= 0.3 is 0 Å². The van der Waals surface area contributed by atoms with Crippen molar-refractivity contribution in [3.05, 3.63) is 39.9 Å². The van der Waals surface area contributed by atoms with Gasteiger partial charge in [0.2, 0.25) is 0 Å². The van der Waals surface area contributed by atoms with Gasteiger partial charge in [-0.25, -0.2) is 0 Å². The van der Waals surface area contributed by atoms with Crippen LogP contribution in [0.4, 0.5) is 5.69 Å². The molecular formula is C12H17NO5S. The molecule has 0 saturated carbocycles. The lowest BCUT2D eigenvalue weighted by Gasteiger charge is -2.17. The van der Waals surface area contributed by atoms with Crippen LogP contribution >= 0.6 is 0 Å². The Bertz CT molecular complexity index is 542. The molecule has 19 heavy (non-hydrogen) atoms. The highest BCUT2D eigenvalue weighted by Gasteiger charge is 2.18. The molecular weight excluding hydrogens is 270 g/mol. The summed E-state index contributed by atoms with van der Waals surface area (Å²) in [5, 5.41) is 10.5. The van der Waals surface area contributed by atoms with E-state index in [1.165, 1.54) is 24.3 Å². The molecule has 0 atom stereocenters. The predicted molar refractivity (Wildman–Crippen MR) is 71.1 cm³/mol. The molecule has 1 rings (SSSR count). The van der Waals surface area contributed by atoms with Crippen LogP contribution in [0.2, 0.25) is 0 Å². The first-order valence-corrected chi connectivity index (χ1v) is 7.27. The fraction of sp³-hybridized carbons (Fsp3) is 0.500. The van der Waals surface area contributed by atoms with Gasteiger partial charge in [0.25, 0.3) is 15.8 Å². The fourth-order valence-electron chi connectivity index (χ4n) is 1.23. The summed E-state index contributed by atoms with van der Waals surface area (Å²) in [5.41, 5.74) is 0.138. The van der Waals surface area contributed by atoms with Gasteiger partial charge < -0.3 is 0 Å². The van der Waals surface area contributed by atoms with E-state index in [0.717, 1.165) is 0 Å². The van der Waals surface area contributed by atoms with Crippen LogP contribution in [0, 0.1) is 15.5 Å². The van der Waals surface area contributed by atoms with E-state index in [9.17, 15) is 18.5 Å². The highest BCUT2D eigenvalue weighted by Crippen LogP contribution is 2.18. The Morgan fingerprint density at radius 3 is 2.16 bits per heavy atom. The second kappa shape index (κ2) is 5.66. The van der Waals surface area contributed by atoms with Gasteiger partial charge in [0.05, 0.1) is 11.5 Å². The van der Waals surface area contributed by atoms with Gasteiger partial charge in [0, 0.05) is 12.1 Å². The highest BCUT2D eigenvalue weighted by atomic mass is 32.2. The first-order valence-electron chi connectivity index (χ1n) is 5.69. The Balaban J connectivity index is 2.70. The van der Waals surface area contributed by atoms with E-state index in [1.54, 1.807) is 0 Å². The Labute approximate surface area is 112 Å². The van der Waals surface area contributed by atoms with E-state index in [4.69, 9.17) is 4.18 Å². The molecule has 0 N–H and O–H groups in total. The summed E-state index contributed by atoms with van der Waals surface area (Å²) in [6.07, 6.45) is 0. The van der Waals surface area contributed by atoms with Gasteiger partial charge in [-0.2, -0.15) is 8.42 Å². The second-order valence-corrected chi connectivity index (χ2v) is 7.09. The minimum atomic E-state index is -3.67. The van der Waals surface area contributed by atoms with Gasteiger partial charge in [-0.05, 0) is 11.0 Å². The fourth-order valence-corrected chi connectivity index (χ4v) is 2.44. The van der Waals surface area contributed by atoms with Gasteiger partial charge in [-0.15, -0.1) is 0 Å². The number of nitro benzene ring substituents is 1. The lowest BCUT2D eigenvalue weighted by molar-refractivity contribution is -0.384. The number of nitrogens with zero attached hydrogens (tertiary/aromatic N) is 1. The normalized spacial score (nSPS) is 12.4. The number of non-ortho nitro benzene ring substituents is 1. The first-order chi connectivity index (χ1) is 8.59. The van der Waals surface area contributed by atoms with Crippen LogP contribution in [-0.2, 0) is 20.1 Å². The molecule has 0 aliphatic rings. The number of rotatable bonds is 5. The van der Waals surface area contributed by atoms with Crippen molar-refractivity contribution >= 4 is 15.8 Å². The molecule has 1 aromatic rings. The van der Waals surface area contributed by atoms with E-state index in [0.29, 0.717) is 5.56 Å². The molecule has 6 nitrogen and oxygen atoms in total. The van der Waals surface area contributed by atoms with Crippen molar-refractivity contribution in [1.29, 1.82) is 0 Å². The maximum absolute atomic E-state index is 11.7. The van der Waals surface area contributed by atoms with Crippen LogP contribution in [0.5, 0.6) is 0 Å². The molecule has 0 radical (unpaired) electrons. The quantitative estimate of drug-likeness (QED) is 0.471.